The number of hydrogen-bond acceptors (Lipinski definition) is 3. The van der Waals surface area contributed by atoms with Crippen LogP contribution in [0.3, 0.4) is 0 Å². The van der Waals surface area contributed by atoms with E-state index in [0.717, 1.165) is 36.1 Å². The SMILES string of the molecule is O=C(NCc1ccnc(-n2ccnc2)c1)NC1CCCC(C2CC2)C1. The first-order valence-electron chi connectivity index (χ1n) is 9.25. The largest absolute Gasteiger partial charge is 0.335 e. The minimum absolute atomic E-state index is 0.0672. The van der Waals surface area contributed by atoms with Gasteiger partial charge < -0.3 is 10.6 Å². The van der Waals surface area contributed by atoms with E-state index in [-0.39, 0.29) is 6.03 Å². The molecule has 0 spiro atoms. The number of pyridine rings is 1. The van der Waals surface area contributed by atoms with Gasteiger partial charge >= 0.3 is 6.03 Å². The van der Waals surface area contributed by atoms with Gasteiger partial charge in [0.1, 0.15) is 12.1 Å². The maximum Gasteiger partial charge on any atom is 0.315 e. The van der Waals surface area contributed by atoms with Crippen LogP contribution in [-0.2, 0) is 6.54 Å². The molecule has 2 saturated carbocycles. The molecule has 132 valence electrons. The van der Waals surface area contributed by atoms with Crippen molar-refractivity contribution in [2.45, 2.75) is 51.1 Å². The summed E-state index contributed by atoms with van der Waals surface area (Å²) < 4.78 is 1.85. The summed E-state index contributed by atoms with van der Waals surface area (Å²) in [5.74, 6) is 2.57. The molecular weight excluding hydrogens is 314 g/mol. The van der Waals surface area contributed by atoms with Gasteiger partial charge in [-0.3, -0.25) is 4.57 Å². The molecule has 2 N–H and O–H groups in total. The Morgan fingerprint density at radius 3 is 2.92 bits per heavy atom. The summed E-state index contributed by atoms with van der Waals surface area (Å²) in [7, 11) is 0. The van der Waals surface area contributed by atoms with Gasteiger partial charge in [0.15, 0.2) is 0 Å². The van der Waals surface area contributed by atoms with Crippen LogP contribution in [0.2, 0.25) is 0 Å². The van der Waals surface area contributed by atoms with Crippen molar-refractivity contribution in [3.8, 4) is 5.82 Å². The van der Waals surface area contributed by atoms with Gasteiger partial charge in [-0.25, -0.2) is 14.8 Å². The lowest BCUT2D eigenvalue weighted by molar-refractivity contribution is 0.220. The quantitative estimate of drug-likeness (QED) is 0.879. The monoisotopic (exact) mass is 339 g/mol. The normalized spacial score (nSPS) is 23.2. The van der Waals surface area contributed by atoms with E-state index in [1.807, 2.05) is 22.9 Å². The zero-order valence-corrected chi connectivity index (χ0v) is 14.4. The second kappa shape index (κ2) is 7.25. The third-order valence-electron chi connectivity index (χ3n) is 5.37. The highest BCUT2D eigenvalue weighted by Crippen LogP contribution is 2.43. The number of imidazole rings is 1. The van der Waals surface area contributed by atoms with Crippen LogP contribution >= 0.6 is 0 Å². The molecule has 2 atom stereocenters. The molecule has 0 saturated heterocycles. The van der Waals surface area contributed by atoms with Gasteiger partial charge in [-0.1, -0.05) is 12.8 Å². The molecule has 2 aliphatic rings. The minimum atomic E-state index is -0.0672. The van der Waals surface area contributed by atoms with Crippen LogP contribution in [0, 0.1) is 11.8 Å². The molecule has 2 fully saturated rings. The Kier molecular flexibility index (Phi) is 4.68. The molecule has 0 radical (unpaired) electrons. The molecule has 2 heterocycles. The Morgan fingerprint density at radius 2 is 2.12 bits per heavy atom. The maximum atomic E-state index is 12.2. The number of rotatable bonds is 5. The minimum Gasteiger partial charge on any atom is -0.335 e. The molecule has 25 heavy (non-hydrogen) atoms. The average molecular weight is 339 g/mol. The van der Waals surface area contributed by atoms with Crippen molar-refractivity contribution in [1.82, 2.24) is 25.2 Å². The Morgan fingerprint density at radius 1 is 1.20 bits per heavy atom. The molecule has 0 aliphatic heterocycles. The molecule has 2 aliphatic carbocycles. The van der Waals surface area contributed by atoms with E-state index in [4.69, 9.17) is 0 Å². The Balaban J connectivity index is 1.28. The summed E-state index contributed by atoms with van der Waals surface area (Å²) in [6, 6.07) is 4.15. The van der Waals surface area contributed by atoms with Crippen molar-refractivity contribution in [3.63, 3.8) is 0 Å². The highest BCUT2D eigenvalue weighted by atomic mass is 16.2. The number of aromatic nitrogens is 3. The first-order chi connectivity index (χ1) is 12.3. The molecule has 6 nitrogen and oxygen atoms in total. The lowest BCUT2D eigenvalue weighted by Gasteiger charge is -2.29. The van der Waals surface area contributed by atoms with E-state index >= 15 is 0 Å². The topological polar surface area (TPSA) is 71.8 Å². The van der Waals surface area contributed by atoms with E-state index in [2.05, 4.69) is 20.6 Å². The maximum absolute atomic E-state index is 12.2. The standard InChI is InChI=1S/C19H25N5O/c25-19(23-17-3-1-2-16(11-17)15-4-5-15)22-12-14-6-7-21-18(10-14)24-9-8-20-13-24/h6-10,13,15-17H,1-5,11-12H2,(H2,22,23,25). The summed E-state index contributed by atoms with van der Waals surface area (Å²) in [5.41, 5.74) is 1.02. The molecule has 6 heteroatoms. The molecule has 4 rings (SSSR count). The molecule has 2 amide bonds. The molecule has 2 aromatic rings. The lowest BCUT2D eigenvalue weighted by atomic mass is 9.83. The van der Waals surface area contributed by atoms with Crippen molar-refractivity contribution in [1.29, 1.82) is 0 Å². The van der Waals surface area contributed by atoms with E-state index in [1.54, 1.807) is 18.7 Å². The van der Waals surface area contributed by atoms with E-state index in [9.17, 15) is 4.79 Å². The van der Waals surface area contributed by atoms with Gasteiger partial charge in [0.2, 0.25) is 0 Å². The molecule has 0 bridgehead atoms. The fourth-order valence-corrected chi connectivity index (χ4v) is 3.88. The number of nitrogens with one attached hydrogen (secondary N) is 2. The van der Waals surface area contributed by atoms with Gasteiger partial charge in [-0.2, -0.15) is 0 Å². The van der Waals surface area contributed by atoms with Crippen molar-refractivity contribution >= 4 is 6.03 Å². The summed E-state index contributed by atoms with van der Waals surface area (Å²) in [5, 5.41) is 6.14. The van der Waals surface area contributed by atoms with Crippen molar-refractivity contribution in [2.24, 2.45) is 11.8 Å². The van der Waals surface area contributed by atoms with Crippen molar-refractivity contribution in [2.75, 3.05) is 0 Å². The van der Waals surface area contributed by atoms with Gasteiger partial charge in [0.05, 0.1) is 0 Å². The van der Waals surface area contributed by atoms with Crippen LogP contribution in [-0.4, -0.2) is 26.6 Å². The second-order valence-electron chi connectivity index (χ2n) is 7.28. The van der Waals surface area contributed by atoms with Crippen LogP contribution in [0.4, 0.5) is 4.79 Å². The average Bonchev–Trinajstić information content (AvgIpc) is 3.35. The summed E-state index contributed by atoms with van der Waals surface area (Å²) >= 11 is 0. The zero-order valence-electron chi connectivity index (χ0n) is 14.4. The number of nitrogens with zero attached hydrogens (tertiary/aromatic N) is 3. The first kappa shape index (κ1) is 16.1. The van der Waals surface area contributed by atoms with Gasteiger partial charge in [-0.05, 0) is 55.2 Å². The zero-order chi connectivity index (χ0) is 17.1. The second-order valence-corrected chi connectivity index (χ2v) is 7.28. The summed E-state index contributed by atoms with van der Waals surface area (Å²) in [6.45, 7) is 0.495. The first-order valence-corrected chi connectivity index (χ1v) is 9.25. The van der Waals surface area contributed by atoms with Crippen molar-refractivity contribution < 1.29 is 4.79 Å². The van der Waals surface area contributed by atoms with Crippen LogP contribution in [0.1, 0.15) is 44.1 Å². The van der Waals surface area contributed by atoms with Crippen LogP contribution in [0.5, 0.6) is 0 Å². The Labute approximate surface area is 148 Å². The number of carbonyl (C=O) groups is 1. The van der Waals surface area contributed by atoms with Crippen LogP contribution in [0.25, 0.3) is 5.82 Å². The third-order valence-corrected chi connectivity index (χ3v) is 5.37. The Bertz CT molecular complexity index is 710. The third kappa shape index (κ3) is 4.18. The molecule has 2 aromatic heterocycles. The van der Waals surface area contributed by atoms with Gasteiger partial charge in [-0.15, -0.1) is 0 Å². The van der Waals surface area contributed by atoms with Crippen LogP contribution in [0.15, 0.2) is 37.1 Å². The van der Waals surface area contributed by atoms with E-state index < -0.39 is 0 Å². The smallest absolute Gasteiger partial charge is 0.315 e. The van der Waals surface area contributed by atoms with Crippen molar-refractivity contribution in [3.05, 3.63) is 42.6 Å². The van der Waals surface area contributed by atoms with E-state index in [1.165, 1.54) is 25.7 Å². The predicted molar refractivity (Wildman–Crippen MR) is 95.2 cm³/mol. The highest BCUT2D eigenvalue weighted by Gasteiger charge is 2.34. The lowest BCUT2D eigenvalue weighted by Crippen LogP contribution is -2.44. The predicted octanol–water partition coefficient (Wildman–Crippen LogP) is 3.04. The fraction of sp³-hybridized carbons (Fsp3) is 0.526. The van der Waals surface area contributed by atoms with Gasteiger partial charge in [0.25, 0.3) is 0 Å². The number of urea groups is 1. The fourth-order valence-electron chi connectivity index (χ4n) is 3.88. The number of hydrogen-bond donors (Lipinski definition) is 2. The number of amides is 2. The Hall–Kier alpha value is -2.37. The molecular formula is C19H25N5O. The summed E-state index contributed by atoms with van der Waals surface area (Å²) in [4.78, 5) is 20.6. The highest BCUT2D eigenvalue weighted by molar-refractivity contribution is 5.74. The van der Waals surface area contributed by atoms with Gasteiger partial charge in [0, 0.05) is 31.2 Å². The molecule has 0 aromatic carbocycles. The number of carbonyl (C=O) groups excluding carboxylic acids is 1. The summed E-state index contributed by atoms with van der Waals surface area (Å²) in [6.07, 6.45) is 14.7. The van der Waals surface area contributed by atoms with E-state index in [0.29, 0.717) is 12.6 Å². The van der Waals surface area contributed by atoms with Crippen LogP contribution < -0.4 is 10.6 Å². The molecule has 2 unspecified atom stereocenters.